The van der Waals surface area contributed by atoms with Gasteiger partial charge >= 0.3 is 6.03 Å². The maximum Gasteiger partial charge on any atom is 0.317 e. The van der Waals surface area contributed by atoms with Crippen molar-refractivity contribution in [3.63, 3.8) is 0 Å². The third-order valence-corrected chi connectivity index (χ3v) is 1.26. The van der Waals surface area contributed by atoms with Gasteiger partial charge in [-0.3, -0.25) is 0 Å². The number of hydrogen-bond donors (Lipinski definition) is 1. The quantitative estimate of drug-likeness (QED) is 0.739. The largest absolute Gasteiger partial charge is 0.341 e. The minimum atomic E-state index is 0. The van der Waals surface area contributed by atoms with Gasteiger partial charge in [0.2, 0.25) is 0 Å². The zero-order valence-electron chi connectivity index (χ0n) is 8.27. The van der Waals surface area contributed by atoms with Gasteiger partial charge in [0.15, 0.2) is 0 Å². The molecule has 0 saturated carbocycles. The lowest BCUT2D eigenvalue weighted by Crippen LogP contribution is -2.37. The summed E-state index contributed by atoms with van der Waals surface area (Å²) in [4.78, 5) is 12.5. The number of nitrogens with zero attached hydrogens (tertiary/aromatic N) is 1. The fraction of sp³-hybridized carbons (Fsp3) is 0.909. The fourth-order valence-electron chi connectivity index (χ4n) is 0.669. The van der Waals surface area contributed by atoms with Gasteiger partial charge in [-0.05, 0) is 13.8 Å². The van der Waals surface area contributed by atoms with E-state index < -0.39 is 0 Å². The summed E-state index contributed by atoms with van der Waals surface area (Å²) in [7, 11) is 1.64. The molecule has 0 aromatic heterocycles. The van der Waals surface area contributed by atoms with E-state index >= 15 is 0 Å². The highest BCUT2D eigenvalue weighted by molar-refractivity contribution is 5.73. The number of urea groups is 1. The molecule has 0 saturated heterocycles. The molecule has 0 radical (unpaired) electrons. The van der Waals surface area contributed by atoms with Gasteiger partial charge in [0.1, 0.15) is 0 Å². The second-order valence-electron chi connectivity index (χ2n) is 1.73. The van der Waals surface area contributed by atoms with Crippen LogP contribution in [0.25, 0.3) is 0 Å². The molecule has 1 N–H and O–H groups in total. The van der Waals surface area contributed by atoms with Crippen LogP contribution in [0.4, 0.5) is 4.79 Å². The first kappa shape index (κ1) is 29.2. The highest BCUT2D eigenvalue weighted by atomic mass is 16.2. The number of carbonyl (C=O) groups excluding carboxylic acids is 1. The van der Waals surface area contributed by atoms with Gasteiger partial charge in [-0.1, -0.05) is 36.1 Å². The molecule has 0 bridgehead atoms. The van der Waals surface area contributed by atoms with Crippen LogP contribution in [0.15, 0.2) is 0 Å². The molecule has 3 heteroatoms. The van der Waals surface area contributed by atoms with Gasteiger partial charge in [0.05, 0.1) is 0 Å². The Balaban J connectivity index is -0.0000000505. The third-order valence-electron chi connectivity index (χ3n) is 1.26. The number of rotatable bonds is 2. The van der Waals surface area contributed by atoms with Crippen LogP contribution in [0, 0.1) is 0 Å². The molecule has 0 aliphatic heterocycles. The molecule has 0 aliphatic carbocycles. The standard InChI is InChI=1S/C6H14N2O.C2H6.3CH4/c1-4-8(5-2)6(9)7-3;1-2;;;/h4-5H2,1-3H3,(H,7,9);1-2H3;3*1H4. The number of carbonyl (C=O) groups is 1. The average Bonchev–Trinajstić information content (AvgIpc) is 2.10. The Hall–Kier alpha value is -0.730. The van der Waals surface area contributed by atoms with E-state index in [9.17, 15) is 4.79 Å². The van der Waals surface area contributed by atoms with E-state index in [-0.39, 0.29) is 28.3 Å². The van der Waals surface area contributed by atoms with E-state index in [4.69, 9.17) is 0 Å². The fourth-order valence-corrected chi connectivity index (χ4v) is 0.669. The summed E-state index contributed by atoms with van der Waals surface area (Å²) in [6, 6.07) is 0.000000000000000222. The summed E-state index contributed by atoms with van der Waals surface area (Å²) in [6.07, 6.45) is 0. The molecular weight excluding hydrogens is 176 g/mol. The molecule has 0 heterocycles. The van der Waals surface area contributed by atoms with Crippen molar-refractivity contribution in [2.75, 3.05) is 20.1 Å². The summed E-state index contributed by atoms with van der Waals surface area (Å²) in [5, 5.41) is 2.55. The first-order valence-electron chi connectivity index (χ1n) is 4.22. The molecule has 0 spiro atoms. The summed E-state index contributed by atoms with van der Waals surface area (Å²) >= 11 is 0. The molecule has 0 aliphatic rings. The molecule has 0 unspecified atom stereocenters. The highest BCUT2D eigenvalue weighted by Gasteiger charge is 2.03. The van der Waals surface area contributed by atoms with Crippen molar-refractivity contribution >= 4 is 6.03 Å². The van der Waals surface area contributed by atoms with Crippen molar-refractivity contribution in [1.29, 1.82) is 0 Å². The summed E-state index contributed by atoms with van der Waals surface area (Å²) < 4.78 is 0. The van der Waals surface area contributed by atoms with Crippen LogP contribution in [0.3, 0.4) is 0 Å². The Morgan fingerprint density at radius 3 is 1.43 bits per heavy atom. The molecule has 0 aromatic carbocycles. The molecule has 2 amide bonds. The van der Waals surface area contributed by atoms with E-state index in [1.807, 2.05) is 27.7 Å². The lowest BCUT2D eigenvalue weighted by molar-refractivity contribution is 0.205. The van der Waals surface area contributed by atoms with Gasteiger partial charge in [-0.15, -0.1) is 0 Å². The smallest absolute Gasteiger partial charge is 0.317 e. The maximum atomic E-state index is 10.8. The Labute approximate surface area is 91.9 Å². The minimum Gasteiger partial charge on any atom is -0.341 e. The lowest BCUT2D eigenvalue weighted by atomic mass is 10.5. The van der Waals surface area contributed by atoms with E-state index in [0.29, 0.717) is 0 Å². The van der Waals surface area contributed by atoms with Gasteiger partial charge in [0, 0.05) is 20.1 Å². The normalized spacial score (nSPS) is 6.07. The van der Waals surface area contributed by atoms with E-state index in [2.05, 4.69) is 5.32 Å². The first-order valence-corrected chi connectivity index (χ1v) is 4.22. The predicted molar refractivity (Wildman–Crippen MR) is 68.9 cm³/mol. The van der Waals surface area contributed by atoms with Crippen LogP contribution >= 0.6 is 0 Å². The maximum absolute atomic E-state index is 10.8. The molecule has 0 rings (SSSR count). The Morgan fingerprint density at radius 1 is 1.07 bits per heavy atom. The van der Waals surface area contributed by atoms with Gasteiger partial charge in [0.25, 0.3) is 0 Å². The number of amides is 2. The van der Waals surface area contributed by atoms with Crippen molar-refractivity contribution in [2.45, 2.75) is 50.0 Å². The summed E-state index contributed by atoms with van der Waals surface area (Å²) in [5.41, 5.74) is 0. The average molecular weight is 208 g/mol. The Kier molecular flexibility index (Phi) is 47.5. The molecular formula is C11H32N2O. The second-order valence-corrected chi connectivity index (χ2v) is 1.73. The van der Waals surface area contributed by atoms with E-state index in [1.54, 1.807) is 11.9 Å². The zero-order chi connectivity index (χ0) is 9.28. The third kappa shape index (κ3) is 13.8. The molecule has 14 heavy (non-hydrogen) atoms. The molecule has 0 fully saturated rings. The van der Waals surface area contributed by atoms with E-state index in [0.717, 1.165) is 13.1 Å². The molecule has 92 valence electrons. The van der Waals surface area contributed by atoms with Crippen molar-refractivity contribution in [2.24, 2.45) is 0 Å². The summed E-state index contributed by atoms with van der Waals surface area (Å²) in [5.74, 6) is 0. The number of hydrogen-bond acceptors (Lipinski definition) is 1. The highest BCUT2D eigenvalue weighted by Crippen LogP contribution is 1.85. The van der Waals surface area contributed by atoms with Gasteiger partial charge in [-0.2, -0.15) is 0 Å². The zero-order valence-corrected chi connectivity index (χ0v) is 8.27. The van der Waals surface area contributed by atoms with Crippen LogP contribution in [-0.4, -0.2) is 31.1 Å². The SMILES string of the molecule is C.C.C.CC.CCN(CC)C(=O)NC. The van der Waals surface area contributed by atoms with E-state index in [1.165, 1.54) is 0 Å². The summed E-state index contributed by atoms with van der Waals surface area (Å²) in [6.45, 7) is 9.46. The topological polar surface area (TPSA) is 32.3 Å². The van der Waals surface area contributed by atoms with Crippen LogP contribution < -0.4 is 5.32 Å². The van der Waals surface area contributed by atoms with Crippen LogP contribution in [0.5, 0.6) is 0 Å². The number of nitrogens with one attached hydrogen (secondary N) is 1. The van der Waals surface area contributed by atoms with Crippen molar-refractivity contribution in [3.8, 4) is 0 Å². The Bertz CT molecular complexity index is 91.3. The van der Waals surface area contributed by atoms with Crippen molar-refractivity contribution < 1.29 is 4.79 Å². The van der Waals surface area contributed by atoms with Crippen LogP contribution in [0.1, 0.15) is 50.0 Å². The monoisotopic (exact) mass is 208 g/mol. The van der Waals surface area contributed by atoms with Gasteiger partial charge < -0.3 is 10.2 Å². The van der Waals surface area contributed by atoms with Crippen LogP contribution in [-0.2, 0) is 0 Å². The minimum absolute atomic E-state index is 0. The first-order chi connectivity index (χ1) is 5.26. The Morgan fingerprint density at radius 2 is 1.36 bits per heavy atom. The lowest BCUT2D eigenvalue weighted by Gasteiger charge is -2.16. The predicted octanol–water partition coefficient (Wildman–Crippen LogP) is 3.60. The van der Waals surface area contributed by atoms with Crippen molar-refractivity contribution in [1.82, 2.24) is 10.2 Å². The molecule has 3 nitrogen and oxygen atoms in total. The molecule has 0 aromatic rings. The second kappa shape index (κ2) is 22.8. The van der Waals surface area contributed by atoms with Crippen molar-refractivity contribution in [3.05, 3.63) is 0 Å². The molecule has 0 atom stereocenters. The van der Waals surface area contributed by atoms with Gasteiger partial charge in [-0.25, -0.2) is 4.79 Å². The van der Waals surface area contributed by atoms with Crippen LogP contribution in [0.2, 0.25) is 0 Å².